The molecule has 2 aromatic carbocycles. The summed E-state index contributed by atoms with van der Waals surface area (Å²) >= 11 is 0. The van der Waals surface area contributed by atoms with E-state index in [0.717, 1.165) is 5.56 Å². The van der Waals surface area contributed by atoms with E-state index >= 15 is 0 Å². The second-order valence-corrected chi connectivity index (χ2v) is 7.93. The third-order valence-electron chi connectivity index (χ3n) is 3.97. The number of ether oxygens (including phenoxy) is 1. The van der Waals surface area contributed by atoms with Gasteiger partial charge in [-0.05, 0) is 43.7 Å². The first kappa shape index (κ1) is 19.6. The minimum Gasteiger partial charge on any atom is -0.454 e. The van der Waals surface area contributed by atoms with Crippen LogP contribution in [0.1, 0.15) is 18.1 Å². The van der Waals surface area contributed by atoms with Gasteiger partial charge in [0, 0.05) is 11.3 Å². The van der Waals surface area contributed by atoms with Crippen molar-refractivity contribution in [2.45, 2.75) is 24.8 Å². The highest BCUT2D eigenvalue weighted by Crippen LogP contribution is 2.22. The molecule has 1 aliphatic rings. The van der Waals surface area contributed by atoms with Crippen molar-refractivity contribution in [2.24, 2.45) is 4.99 Å². The van der Waals surface area contributed by atoms with Gasteiger partial charge in [0.25, 0.3) is 15.9 Å². The molecule has 0 spiro atoms. The second kappa shape index (κ2) is 7.81. The van der Waals surface area contributed by atoms with Gasteiger partial charge in [-0.2, -0.15) is 0 Å². The monoisotopic (exact) mass is 401 g/mol. The predicted molar refractivity (Wildman–Crippen MR) is 104 cm³/mol. The number of esters is 1. The number of nitrogens with one attached hydrogen (secondary N) is 2. The minimum atomic E-state index is -3.69. The third kappa shape index (κ3) is 4.37. The molecule has 9 heteroatoms. The van der Waals surface area contributed by atoms with E-state index < -0.39 is 34.5 Å². The molecular formula is C19H19N3O5S. The average Bonchev–Trinajstić information content (AvgIpc) is 2.90. The van der Waals surface area contributed by atoms with Gasteiger partial charge < -0.3 is 10.1 Å². The Kier molecular flexibility index (Phi) is 5.46. The molecule has 28 heavy (non-hydrogen) atoms. The Morgan fingerprint density at radius 3 is 2.68 bits per heavy atom. The van der Waals surface area contributed by atoms with Crippen molar-refractivity contribution < 1.29 is 22.7 Å². The summed E-state index contributed by atoms with van der Waals surface area (Å²) < 4.78 is 31.4. The quantitative estimate of drug-likeness (QED) is 0.739. The molecule has 8 nitrogen and oxygen atoms in total. The van der Waals surface area contributed by atoms with Crippen LogP contribution >= 0.6 is 0 Å². The third-order valence-corrected chi connectivity index (χ3v) is 5.37. The van der Waals surface area contributed by atoms with E-state index in [0.29, 0.717) is 11.3 Å². The molecule has 2 aromatic rings. The lowest BCUT2D eigenvalue weighted by atomic mass is 10.2. The number of anilines is 1. The van der Waals surface area contributed by atoms with Crippen LogP contribution in [0.4, 0.5) is 5.69 Å². The van der Waals surface area contributed by atoms with Gasteiger partial charge in [-0.25, -0.2) is 13.2 Å². The molecule has 3 rings (SSSR count). The zero-order valence-electron chi connectivity index (χ0n) is 15.3. The van der Waals surface area contributed by atoms with Crippen molar-refractivity contribution in [3.8, 4) is 0 Å². The van der Waals surface area contributed by atoms with Crippen LogP contribution in [0.15, 0.2) is 58.4 Å². The second-order valence-electron chi connectivity index (χ2n) is 6.28. The maximum absolute atomic E-state index is 12.1. The molecule has 0 saturated heterocycles. The molecule has 2 N–H and O–H groups in total. The number of benzene rings is 2. The number of hydrogen-bond acceptors (Lipinski definition) is 6. The van der Waals surface area contributed by atoms with Crippen LogP contribution in [0.25, 0.3) is 0 Å². The molecule has 1 amide bonds. The van der Waals surface area contributed by atoms with Gasteiger partial charge >= 0.3 is 5.97 Å². The van der Waals surface area contributed by atoms with Crippen molar-refractivity contribution in [2.75, 3.05) is 11.9 Å². The molecular weight excluding hydrogens is 382 g/mol. The molecule has 146 valence electrons. The molecule has 1 aliphatic heterocycles. The summed E-state index contributed by atoms with van der Waals surface area (Å²) in [5.74, 6) is -1.15. The topological polar surface area (TPSA) is 114 Å². The zero-order valence-corrected chi connectivity index (χ0v) is 16.1. The Balaban J connectivity index is 1.61. The number of aliphatic imine (C=N–C) groups is 1. The first-order valence-electron chi connectivity index (χ1n) is 8.49. The van der Waals surface area contributed by atoms with Gasteiger partial charge in [-0.15, -0.1) is 0 Å². The van der Waals surface area contributed by atoms with Gasteiger partial charge in [0.1, 0.15) is 11.9 Å². The van der Waals surface area contributed by atoms with E-state index in [9.17, 15) is 18.0 Å². The number of carbonyl (C=O) groups is 2. The van der Waals surface area contributed by atoms with Crippen LogP contribution in [0.2, 0.25) is 0 Å². The molecule has 0 radical (unpaired) electrons. The SMILES string of the molecule is Cc1cccc(NC(=O)COC(=O)[C@@H](C)N=C2NS(=O)(=O)c3ccccc32)c1. The average molecular weight is 401 g/mol. The summed E-state index contributed by atoms with van der Waals surface area (Å²) in [7, 11) is -3.69. The Morgan fingerprint density at radius 2 is 1.93 bits per heavy atom. The number of amides is 1. The highest BCUT2D eigenvalue weighted by Gasteiger charge is 2.31. The number of sulfonamides is 1. The van der Waals surface area contributed by atoms with Gasteiger partial charge in [0.05, 0.1) is 4.90 Å². The lowest BCUT2D eigenvalue weighted by molar-refractivity contribution is -0.148. The standard InChI is InChI=1S/C19H19N3O5S/c1-12-6-5-7-14(10-12)21-17(23)11-27-19(24)13(2)20-18-15-8-3-4-9-16(15)28(25,26)22-18/h3-10,13H,11H2,1-2H3,(H,20,22)(H,21,23)/t13-/m1/s1. The first-order chi connectivity index (χ1) is 13.3. The van der Waals surface area contributed by atoms with Gasteiger partial charge in [-0.3, -0.25) is 14.5 Å². The van der Waals surface area contributed by atoms with Crippen LogP contribution in [0.3, 0.4) is 0 Å². The van der Waals surface area contributed by atoms with E-state index in [4.69, 9.17) is 4.74 Å². The fourth-order valence-corrected chi connectivity index (χ4v) is 3.89. The van der Waals surface area contributed by atoms with E-state index in [1.165, 1.54) is 13.0 Å². The smallest absolute Gasteiger partial charge is 0.331 e. The summed E-state index contributed by atoms with van der Waals surface area (Å²) in [5, 5.41) is 2.63. The van der Waals surface area contributed by atoms with Crippen LogP contribution in [-0.4, -0.2) is 38.8 Å². The van der Waals surface area contributed by atoms with Crippen LogP contribution in [0, 0.1) is 6.92 Å². The summed E-state index contributed by atoms with van der Waals surface area (Å²) in [6.07, 6.45) is 0. The summed E-state index contributed by atoms with van der Waals surface area (Å²) in [6, 6.07) is 12.6. The number of fused-ring (bicyclic) bond motifs is 1. The van der Waals surface area contributed by atoms with Crippen molar-refractivity contribution in [3.63, 3.8) is 0 Å². The molecule has 1 heterocycles. The molecule has 0 unspecified atom stereocenters. The van der Waals surface area contributed by atoms with Crippen molar-refractivity contribution in [3.05, 3.63) is 59.7 Å². The van der Waals surface area contributed by atoms with Crippen molar-refractivity contribution >= 4 is 33.4 Å². The fraction of sp³-hybridized carbons (Fsp3) is 0.211. The molecule has 0 aromatic heterocycles. The predicted octanol–water partition coefficient (Wildman–Crippen LogP) is 1.60. The fourth-order valence-electron chi connectivity index (χ4n) is 2.65. The number of aryl methyl sites for hydroxylation is 1. The lowest BCUT2D eigenvalue weighted by Gasteiger charge is -2.10. The van der Waals surface area contributed by atoms with Crippen LogP contribution in [0.5, 0.6) is 0 Å². The molecule has 0 saturated carbocycles. The van der Waals surface area contributed by atoms with E-state index in [-0.39, 0.29) is 10.7 Å². The summed E-state index contributed by atoms with van der Waals surface area (Å²) in [6.45, 7) is 2.89. The van der Waals surface area contributed by atoms with Gasteiger partial charge in [0.2, 0.25) is 0 Å². The highest BCUT2D eigenvalue weighted by atomic mass is 32.2. The Morgan fingerprint density at radius 1 is 1.18 bits per heavy atom. The number of nitrogens with zero attached hydrogens (tertiary/aromatic N) is 1. The normalized spacial score (nSPS) is 16.7. The van der Waals surface area contributed by atoms with E-state index in [2.05, 4.69) is 15.0 Å². The van der Waals surface area contributed by atoms with E-state index in [1.54, 1.807) is 36.4 Å². The summed E-state index contributed by atoms with van der Waals surface area (Å²) in [4.78, 5) is 28.3. The number of carbonyl (C=O) groups excluding carboxylic acids is 2. The maximum Gasteiger partial charge on any atom is 0.331 e. The highest BCUT2D eigenvalue weighted by molar-refractivity contribution is 7.90. The van der Waals surface area contributed by atoms with Gasteiger partial charge in [-0.1, -0.05) is 24.3 Å². The maximum atomic E-state index is 12.1. The largest absolute Gasteiger partial charge is 0.454 e. The molecule has 0 bridgehead atoms. The van der Waals surface area contributed by atoms with Gasteiger partial charge in [0.15, 0.2) is 6.61 Å². The summed E-state index contributed by atoms with van der Waals surface area (Å²) in [5.41, 5.74) is 1.98. The Hall–Kier alpha value is -3.20. The zero-order chi connectivity index (χ0) is 20.3. The number of rotatable bonds is 5. The lowest BCUT2D eigenvalue weighted by Crippen LogP contribution is -2.28. The number of amidine groups is 1. The van der Waals surface area contributed by atoms with Crippen molar-refractivity contribution in [1.29, 1.82) is 0 Å². The minimum absolute atomic E-state index is 0.0734. The first-order valence-corrected chi connectivity index (χ1v) is 9.98. The van der Waals surface area contributed by atoms with Crippen LogP contribution in [-0.2, 0) is 24.3 Å². The molecule has 0 fully saturated rings. The Bertz CT molecular complexity index is 1060. The van der Waals surface area contributed by atoms with Crippen LogP contribution < -0.4 is 10.0 Å². The van der Waals surface area contributed by atoms with E-state index in [1.807, 2.05) is 13.0 Å². The van der Waals surface area contributed by atoms with Crippen molar-refractivity contribution in [1.82, 2.24) is 4.72 Å². The molecule has 1 atom stereocenters. The Labute approximate surface area is 162 Å². The molecule has 0 aliphatic carbocycles. The number of hydrogen-bond donors (Lipinski definition) is 2.